The predicted molar refractivity (Wildman–Crippen MR) is 76.3 cm³/mol. The minimum Gasteiger partial charge on any atom is -0.383 e. The Labute approximate surface area is 114 Å². The third kappa shape index (κ3) is 4.29. The van der Waals surface area contributed by atoms with Gasteiger partial charge in [0, 0.05) is 26.7 Å². The quantitative estimate of drug-likeness (QED) is 0.734. The first kappa shape index (κ1) is 15.0. The number of halogens is 1. The lowest BCUT2D eigenvalue weighted by molar-refractivity contribution is 0.205. The van der Waals surface area contributed by atoms with Crippen molar-refractivity contribution in [1.29, 1.82) is 0 Å². The van der Waals surface area contributed by atoms with E-state index in [1.807, 2.05) is 25.3 Å². The number of ether oxygens (including phenoxy) is 1. The molecule has 18 heavy (non-hydrogen) atoms. The second kappa shape index (κ2) is 8.08. The number of methoxy groups -OCH3 is 1. The fourth-order valence-electron chi connectivity index (χ4n) is 1.60. The second-order valence-electron chi connectivity index (χ2n) is 3.86. The molecule has 1 N–H and O–H groups in total. The highest BCUT2D eigenvalue weighted by Crippen LogP contribution is 2.19. The zero-order valence-electron chi connectivity index (χ0n) is 10.9. The van der Waals surface area contributed by atoms with E-state index in [-0.39, 0.29) is 0 Å². The number of hydrogen-bond acceptors (Lipinski definition) is 4. The molecule has 0 unspecified atom stereocenters. The highest BCUT2D eigenvalue weighted by Gasteiger charge is 2.09. The summed E-state index contributed by atoms with van der Waals surface area (Å²) in [5.41, 5.74) is 0.850. The van der Waals surface area contributed by atoms with Crippen molar-refractivity contribution in [2.45, 2.75) is 6.54 Å². The maximum Gasteiger partial charge on any atom is 0.129 e. The van der Waals surface area contributed by atoms with Crippen LogP contribution in [-0.2, 0) is 11.3 Å². The van der Waals surface area contributed by atoms with Crippen LogP contribution in [0.2, 0.25) is 5.02 Å². The molecule has 0 amide bonds. The van der Waals surface area contributed by atoms with Gasteiger partial charge >= 0.3 is 0 Å². The van der Waals surface area contributed by atoms with E-state index in [4.69, 9.17) is 16.3 Å². The summed E-state index contributed by atoms with van der Waals surface area (Å²) in [5, 5.41) is 3.73. The average Bonchev–Trinajstić information content (AvgIpc) is 2.37. The van der Waals surface area contributed by atoms with Gasteiger partial charge in [0.2, 0.25) is 0 Å². The normalized spacial score (nSPS) is 10.4. The third-order valence-electron chi connectivity index (χ3n) is 2.49. The van der Waals surface area contributed by atoms with E-state index in [0.29, 0.717) is 18.2 Å². The lowest BCUT2D eigenvalue weighted by Gasteiger charge is -2.22. The van der Waals surface area contributed by atoms with Gasteiger partial charge in [-0.3, -0.25) is 0 Å². The zero-order valence-corrected chi connectivity index (χ0v) is 11.7. The smallest absolute Gasteiger partial charge is 0.129 e. The van der Waals surface area contributed by atoms with Crippen molar-refractivity contribution in [2.24, 2.45) is 0 Å². The number of anilines is 1. The van der Waals surface area contributed by atoms with Crippen molar-refractivity contribution in [1.82, 2.24) is 10.3 Å². The largest absolute Gasteiger partial charge is 0.383 e. The molecule has 0 fully saturated rings. The monoisotopic (exact) mass is 269 g/mol. The van der Waals surface area contributed by atoms with E-state index in [0.717, 1.165) is 24.6 Å². The first-order valence-electron chi connectivity index (χ1n) is 5.87. The minimum absolute atomic E-state index is 0.652. The van der Waals surface area contributed by atoms with Gasteiger partial charge in [0.25, 0.3) is 0 Å². The molecule has 0 aliphatic carbocycles. The van der Waals surface area contributed by atoms with Crippen LogP contribution < -0.4 is 10.2 Å². The van der Waals surface area contributed by atoms with Gasteiger partial charge in [-0.2, -0.15) is 0 Å². The number of rotatable bonds is 8. The lowest BCUT2D eigenvalue weighted by atomic mass is 10.3. The van der Waals surface area contributed by atoms with Gasteiger partial charge in [-0.15, -0.1) is 6.58 Å². The van der Waals surface area contributed by atoms with Crippen LogP contribution >= 0.6 is 11.6 Å². The van der Waals surface area contributed by atoms with E-state index in [2.05, 4.69) is 21.8 Å². The third-order valence-corrected chi connectivity index (χ3v) is 2.83. The molecule has 0 saturated carbocycles. The molecule has 5 heteroatoms. The number of hydrogen-bond donors (Lipinski definition) is 1. The van der Waals surface area contributed by atoms with Gasteiger partial charge in [0.1, 0.15) is 5.82 Å². The SMILES string of the molecule is C=CCN(CCOC)c1ccc(Cl)c(CNC)n1. The first-order chi connectivity index (χ1) is 8.72. The van der Waals surface area contributed by atoms with Gasteiger partial charge in [-0.1, -0.05) is 17.7 Å². The molecular weight excluding hydrogens is 250 g/mol. The van der Waals surface area contributed by atoms with Gasteiger partial charge in [0.05, 0.1) is 17.3 Å². The van der Waals surface area contributed by atoms with Gasteiger partial charge in [0.15, 0.2) is 0 Å². The Bertz CT molecular complexity index is 384. The number of pyridine rings is 1. The van der Waals surface area contributed by atoms with E-state index in [9.17, 15) is 0 Å². The minimum atomic E-state index is 0.652. The van der Waals surface area contributed by atoms with Crippen LogP contribution in [0.4, 0.5) is 5.82 Å². The van der Waals surface area contributed by atoms with E-state index >= 15 is 0 Å². The van der Waals surface area contributed by atoms with Gasteiger partial charge < -0.3 is 15.0 Å². The summed E-state index contributed by atoms with van der Waals surface area (Å²) in [6.45, 7) is 6.57. The molecule has 1 aromatic heterocycles. The molecule has 0 aliphatic rings. The van der Waals surface area contributed by atoms with E-state index in [1.165, 1.54) is 0 Å². The van der Waals surface area contributed by atoms with Crippen molar-refractivity contribution in [3.8, 4) is 0 Å². The number of aromatic nitrogens is 1. The van der Waals surface area contributed by atoms with Gasteiger partial charge in [-0.25, -0.2) is 4.98 Å². The standard InChI is InChI=1S/C13H20ClN3O/c1-4-7-17(8-9-18-3)13-6-5-11(14)12(16-13)10-15-2/h4-6,15H,1,7-10H2,2-3H3. The molecule has 0 spiro atoms. The first-order valence-corrected chi connectivity index (χ1v) is 6.25. The topological polar surface area (TPSA) is 37.4 Å². The average molecular weight is 270 g/mol. The molecule has 0 radical (unpaired) electrons. The van der Waals surface area contributed by atoms with Crippen LogP contribution in [-0.4, -0.2) is 38.8 Å². The van der Waals surface area contributed by atoms with E-state index < -0.39 is 0 Å². The Kier molecular flexibility index (Phi) is 6.72. The molecule has 0 aliphatic heterocycles. The Morgan fingerprint density at radius 1 is 1.56 bits per heavy atom. The maximum atomic E-state index is 6.10. The Morgan fingerprint density at radius 2 is 2.33 bits per heavy atom. The fraction of sp³-hybridized carbons (Fsp3) is 0.462. The van der Waals surface area contributed by atoms with Crippen LogP contribution in [0.1, 0.15) is 5.69 Å². The van der Waals surface area contributed by atoms with Crippen molar-refractivity contribution < 1.29 is 4.74 Å². The summed E-state index contributed by atoms with van der Waals surface area (Å²) >= 11 is 6.10. The van der Waals surface area contributed by atoms with Crippen molar-refractivity contribution in [2.75, 3.05) is 38.8 Å². The predicted octanol–water partition coefficient (Wildman–Crippen LogP) is 2.09. The maximum absolute atomic E-state index is 6.10. The lowest BCUT2D eigenvalue weighted by Crippen LogP contribution is -2.28. The molecular formula is C13H20ClN3O. The number of nitrogens with one attached hydrogen (secondary N) is 1. The molecule has 0 bridgehead atoms. The molecule has 1 rings (SSSR count). The molecule has 1 aromatic rings. The Hall–Kier alpha value is -1.10. The summed E-state index contributed by atoms with van der Waals surface area (Å²) in [7, 11) is 3.56. The highest BCUT2D eigenvalue weighted by molar-refractivity contribution is 6.31. The summed E-state index contributed by atoms with van der Waals surface area (Å²) in [6.07, 6.45) is 1.85. The van der Waals surface area contributed by atoms with Crippen LogP contribution in [0.5, 0.6) is 0 Å². The molecule has 100 valence electrons. The zero-order chi connectivity index (χ0) is 13.4. The van der Waals surface area contributed by atoms with Crippen LogP contribution in [0.3, 0.4) is 0 Å². The Morgan fingerprint density at radius 3 is 2.94 bits per heavy atom. The van der Waals surface area contributed by atoms with Crippen molar-refractivity contribution >= 4 is 17.4 Å². The fourth-order valence-corrected chi connectivity index (χ4v) is 1.77. The molecule has 4 nitrogen and oxygen atoms in total. The van der Waals surface area contributed by atoms with Gasteiger partial charge in [-0.05, 0) is 19.2 Å². The van der Waals surface area contributed by atoms with Crippen molar-refractivity contribution in [3.05, 3.63) is 35.5 Å². The highest BCUT2D eigenvalue weighted by atomic mass is 35.5. The summed E-state index contributed by atoms with van der Waals surface area (Å²) < 4.78 is 5.10. The summed E-state index contributed by atoms with van der Waals surface area (Å²) in [6, 6.07) is 3.79. The second-order valence-corrected chi connectivity index (χ2v) is 4.26. The number of nitrogens with zero attached hydrogens (tertiary/aromatic N) is 2. The summed E-state index contributed by atoms with van der Waals surface area (Å²) in [5.74, 6) is 0.890. The Balaban J connectivity index is 2.89. The molecule has 1 heterocycles. The van der Waals surface area contributed by atoms with Crippen LogP contribution in [0, 0.1) is 0 Å². The summed E-state index contributed by atoms with van der Waals surface area (Å²) in [4.78, 5) is 6.67. The molecule has 0 aromatic carbocycles. The van der Waals surface area contributed by atoms with Crippen LogP contribution in [0.15, 0.2) is 24.8 Å². The van der Waals surface area contributed by atoms with Crippen LogP contribution in [0.25, 0.3) is 0 Å². The molecule has 0 atom stereocenters. The van der Waals surface area contributed by atoms with Crippen molar-refractivity contribution in [3.63, 3.8) is 0 Å². The van der Waals surface area contributed by atoms with E-state index in [1.54, 1.807) is 7.11 Å². The molecule has 0 saturated heterocycles.